The monoisotopic (exact) mass is 193 g/mol. The van der Waals surface area contributed by atoms with Gasteiger partial charge in [0.1, 0.15) is 5.82 Å². The highest BCUT2D eigenvalue weighted by Gasteiger charge is 2.43. The van der Waals surface area contributed by atoms with Gasteiger partial charge in [-0.3, -0.25) is 0 Å². The number of nitrogens with one attached hydrogen (secondary N) is 1. The highest BCUT2D eigenvalue weighted by Crippen LogP contribution is 2.41. The quantitative estimate of drug-likeness (QED) is 0.717. The van der Waals surface area contributed by atoms with E-state index in [1.807, 2.05) is 6.20 Å². The van der Waals surface area contributed by atoms with Gasteiger partial charge in [0.15, 0.2) is 0 Å². The summed E-state index contributed by atoms with van der Waals surface area (Å²) in [4.78, 5) is 7.50. The van der Waals surface area contributed by atoms with Gasteiger partial charge in [-0.05, 0) is 24.7 Å². The molecule has 1 aliphatic carbocycles. The van der Waals surface area contributed by atoms with Crippen LogP contribution in [-0.4, -0.2) is 9.97 Å². The fourth-order valence-corrected chi connectivity index (χ4v) is 2.66. The Morgan fingerprint density at radius 1 is 1.43 bits per heavy atom. The summed E-state index contributed by atoms with van der Waals surface area (Å²) in [5.74, 6) is 1.98. The molecule has 0 amide bonds. The van der Waals surface area contributed by atoms with E-state index in [1.54, 1.807) is 6.20 Å². The largest absolute Gasteiger partial charge is 0.347 e. The van der Waals surface area contributed by atoms with Crippen LogP contribution in [0.1, 0.15) is 38.9 Å². The molecule has 1 aliphatic rings. The standard InChI is InChI=1S/C11H19N3/c1-8-4-3-5-9(2)11(8,12)10-13-6-7-14-10/h6-9H,3-5,12H2,1-2H3,(H,13,14)/t8-,9+,11?. The highest BCUT2D eigenvalue weighted by atomic mass is 15.0. The van der Waals surface area contributed by atoms with Crippen LogP contribution < -0.4 is 5.73 Å². The van der Waals surface area contributed by atoms with E-state index >= 15 is 0 Å². The van der Waals surface area contributed by atoms with Crippen molar-refractivity contribution in [3.05, 3.63) is 18.2 Å². The van der Waals surface area contributed by atoms with Crippen molar-refractivity contribution < 1.29 is 0 Å². The van der Waals surface area contributed by atoms with E-state index in [0.29, 0.717) is 11.8 Å². The molecule has 1 aromatic heterocycles. The van der Waals surface area contributed by atoms with Crippen molar-refractivity contribution in [3.63, 3.8) is 0 Å². The van der Waals surface area contributed by atoms with Crippen LogP contribution in [0.4, 0.5) is 0 Å². The molecule has 0 aromatic carbocycles. The molecule has 3 nitrogen and oxygen atoms in total. The maximum absolute atomic E-state index is 6.52. The molecule has 2 rings (SSSR count). The fraction of sp³-hybridized carbons (Fsp3) is 0.727. The van der Waals surface area contributed by atoms with Crippen LogP contribution in [0.3, 0.4) is 0 Å². The molecule has 0 saturated heterocycles. The second-order valence-electron chi connectivity index (χ2n) is 4.60. The van der Waals surface area contributed by atoms with Gasteiger partial charge in [-0.15, -0.1) is 0 Å². The normalized spacial score (nSPS) is 38.5. The third kappa shape index (κ3) is 1.27. The maximum atomic E-state index is 6.52. The second-order valence-corrected chi connectivity index (χ2v) is 4.60. The summed E-state index contributed by atoms with van der Waals surface area (Å²) in [6.07, 6.45) is 7.36. The number of imidazole rings is 1. The number of nitrogens with zero attached hydrogens (tertiary/aromatic N) is 1. The molecule has 78 valence electrons. The lowest BCUT2D eigenvalue weighted by Gasteiger charge is -2.43. The van der Waals surface area contributed by atoms with Crippen LogP contribution in [0.5, 0.6) is 0 Å². The summed E-state index contributed by atoms with van der Waals surface area (Å²) in [6, 6.07) is 0. The van der Waals surface area contributed by atoms with Gasteiger partial charge in [-0.2, -0.15) is 0 Å². The van der Waals surface area contributed by atoms with Crippen LogP contribution in [-0.2, 0) is 5.54 Å². The van der Waals surface area contributed by atoms with Crippen molar-refractivity contribution in [1.82, 2.24) is 9.97 Å². The van der Waals surface area contributed by atoms with E-state index in [1.165, 1.54) is 19.3 Å². The molecule has 1 saturated carbocycles. The molecule has 3 N–H and O–H groups in total. The average Bonchev–Trinajstić information content (AvgIpc) is 2.67. The molecule has 1 aromatic rings. The lowest BCUT2D eigenvalue weighted by Crippen LogP contribution is -2.51. The van der Waals surface area contributed by atoms with Crippen molar-refractivity contribution in [2.75, 3.05) is 0 Å². The van der Waals surface area contributed by atoms with E-state index < -0.39 is 0 Å². The molecule has 1 unspecified atom stereocenters. The Hall–Kier alpha value is -0.830. The fourth-order valence-electron chi connectivity index (χ4n) is 2.66. The summed E-state index contributed by atoms with van der Waals surface area (Å²) in [7, 11) is 0. The molecule has 0 aliphatic heterocycles. The van der Waals surface area contributed by atoms with Crippen LogP contribution in [0.25, 0.3) is 0 Å². The predicted molar refractivity (Wildman–Crippen MR) is 56.6 cm³/mol. The van der Waals surface area contributed by atoms with Crippen LogP contribution in [0.2, 0.25) is 0 Å². The molecule has 1 fully saturated rings. The van der Waals surface area contributed by atoms with E-state index in [2.05, 4.69) is 23.8 Å². The Morgan fingerprint density at radius 3 is 2.57 bits per heavy atom. The Kier molecular flexibility index (Phi) is 2.35. The van der Waals surface area contributed by atoms with Gasteiger partial charge in [-0.1, -0.05) is 20.3 Å². The SMILES string of the molecule is C[C@@H]1CCC[C@H](C)C1(N)c1ncc[nH]1. The molecule has 0 radical (unpaired) electrons. The lowest BCUT2D eigenvalue weighted by molar-refractivity contribution is 0.125. The molecule has 0 bridgehead atoms. The van der Waals surface area contributed by atoms with E-state index in [-0.39, 0.29) is 5.54 Å². The first kappa shape index (κ1) is 9.71. The summed E-state index contributed by atoms with van der Waals surface area (Å²) in [6.45, 7) is 4.47. The maximum Gasteiger partial charge on any atom is 0.126 e. The summed E-state index contributed by atoms with van der Waals surface area (Å²) < 4.78 is 0. The number of nitrogens with two attached hydrogens (primary N) is 1. The number of aromatic amines is 1. The number of hydrogen-bond acceptors (Lipinski definition) is 2. The second kappa shape index (κ2) is 3.39. The Labute approximate surface area is 85.1 Å². The minimum absolute atomic E-state index is 0.248. The van der Waals surface area contributed by atoms with Gasteiger partial charge >= 0.3 is 0 Å². The Bertz CT molecular complexity index is 281. The molecule has 1 heterocycles. The number of H-pyrrole nitrogens is 1. The Morgan fingerprint density at radius 2 is 2.07 bits per heavy atom. The Balaban J connectivity index is 2.35. The molecule has 14 heavy (non-hydrogen) atoms. The first-order valence-electron chi connectivity index (χ1n) is 5.44. The lowest BCUT2D eigenvalue weighted by atomic mass is 9.67. The third-order valence-corrected chi connectivity index (χ3v) is 3.81. The number of aromatic nitrogens is 2. The number of hydrogen-bond donors (Lipinski definition) is 2. The smallest absolute Gasteiger partial charge is 0.126 e. The predicted octanol–water partition coefficient (Wildman–Crippen LogP) is 2.02. The third-order valence-electron chi connectivity index (χ3n) is 3.81. The van der Waals surface area contributed by atoms with Crippen LogP contribution >= 0.6 is 0 Å². The van der Waals surface area contributed by atoms with Gasteiger partial charge in [0.2, 0.25) is 0 Å². The van der Waals surface area contributed by atoms with Gasteiger partial charge in [0.05, 0.1) is 5.54 Å². The zero-order valence-corrected chi connectivity index (χ0v) is 8.96. The van der Waals surface area contributed by atoms with Crippen LogP contribution in [0, 0.1) is 11.8 Å². The molecule has 3 heteroatoms. The van der Waals surface area contributed by atoms with Crippen molar-refractivity contribution in [2.45, 2.75) is 38.6 Å². The summed E-state index contributed by atoms with van der Waals surface area (Å²) in [5.41, 5.74) is 6.27. The minimum atomic E-state index is -0.248. The van der Waals surface area contributed by atoms with E-state index in [4.69, 9.17) is 5.73 Å². The highest BCUT2D eigenvalue weighted by molar-refractivity contribution is 5.11. The molecule has 3 atom stereocenters. The molecular weight excluding hydrogens is 174 g/mol. The summed E-state index contributed by atoms with van der Waals surface area (Å²) >= 11 is 0. The van der Waals surface area contributed by atoms with Crippen LogP contribution in [0.15, 0.2) is 12.4 Å². The van der Waals surface area contributed by atoms with Crippen molar-refractivity contribution >= 4 is 0 Å². The average molecular weight is 193 g/mol. The van der Waals surface area contributed by atoms with Crippen molar-refractivity contribution in [1.29, 1.82) is 0 Å². The summed E-state index contributed by atoms with van der Waals surface area (Å²) in [5, 5.41) is 0. The van der Waals surface area contributed by atoms with Crippen molar-refractivity contribution in [2.24, 2.45) is 17.6 Å². The van der Waals surface area contributed by atoms with Gasteiger partial charge in [0.25, 0.3) is 0 Å². The topological polar surface area (TPSA) is 54.7 Å². The van der Waals surface area contributed by atoms with Crippen molar-refractivity contribution in [3.8, 4) is 0 Å². The first-order chi connectivity index (χ1) is 6.65. The van der Waals surface area contributed by atoms with E-state index in [9.17, 15) is 0 Å². The zero-order valence-electron chi connectivity index (χ0n) is 8.96. The molecular formula is C11H19N3. The molecule has 0 spiro atoms. The minimum Gasteiger partial charge on any atom is -0.347 e. The van der Waals surface area contributed by atoms with Gasteiger partial charge < -0.3 is 10.7 Å². The van der Waals surface area contributed by atoms with E-state index in [0.717, 1.165) is 5.82 Å². The van der Waals surface area contributed by atoms with Gasteiger partial charge in [-0.25, -0.2) is 4.98 Å². The first-order valence-corrected chi connectivity index (χ1v) is 5.44. The number of rotatable bonds is 1. The zero-order chi connectivity index (χ0) is 10.2. The van der Waals surface area contributed by atoms with Gasteiger partial charge in [0, 0.05) is 12.4 Å².